The number of nitrogens with one attached hydrogen (secondary N) is 1. The highest BCUT2D eigenvalue weighted by Crippen LogP contribution is 2.28. The van der Waals surface area contributed by atoms with Gasteiger partial charge in [-0.25, -0.2) is 0 Å². The SMILES string of the molecule is CC(C)(C)C(=O)NCCc1c2ccccc2cc2ccccc12. The molecule has 0 saturated heterocycles. The van der Waals surface area contributed by atoms with Gasteiger partial charge in [0.15, 0.2) is 0 Å². The van der Waals surface area contributed by atoms with Crippen LogP contribution in [0.4, 0.5) is 0 Å². The fourth-order valence-electron chi connectivity index (χ4n) is 2.94. The second-order valence-electron chi connectivity index (χ2n) is 7.05. The lowest BCUT2D eigenvalue weighted by atomic mass is 9.94. The van der Waals surface area contributed by atoms with Gasteiger partial charge in [-0.3, -0.25) is 4.79 Å². The fraction of sp³-hybridized carbons (Fsp3) is 0.286. The first-order valence-corrected chi connectivity index (χ1v) is 8.14. The lowest BCUT2D eigenvalue weighted by molar-refractivity contribution is -0.128. The summed E-state index contributed by atoms with van der Waals surface area (Å²) in [6, 6.07) is 19.2. The first kappa shape index (κ1) is 15.5. The summed E-state index contributed by atoms with van der Waals surface area (Å²) >= 11 is 0. The number of fused-ring (bicyclic) bond motifs is 2. The van der Waals surface area contributed by atoms with Gasteiger partial charge >= 0.3 is 0 Å². The third kappa shape index (κ3) is 3.21. The molecule has 1 N–H and O–H groups in total. The molecule has 0 spiro atoms. The molecule has 0 fully saturated rings. The van der Waals surface area contributed by atoms with Crippen molar-refractivity contribution in [3.05, 3.63) is 60.2 Å². The van der Waals surface area contributed by atoms with Gasteiger partial charge in [0.1, 0.15) is 0 Å². The summed E-state index contributed by atoms with van der Waals surface area (Å²) in [4.78, 5) is 12.1. The maximum absolute atomic E-state index is 12.1. The van der Waals surface area contributed by atoms with Crippen molar-refractivity contribution in [2.24, 2.45) is 5.41 Å². The standard InChI is InChI=1S/C21H23NO/c1-21(2,3)20(23)22-13-12-19-17-10-6-4-8-15(17)14-16-9-5-7-11-18(16)19/h4-11,14H,12-13H2,1-3H3,(H,22,23). The lowest BCUT2D eigenvalue weighted by Gasteiger charge is -2.18. The highest BCUT2D eigenvalue weighted by atomic mass is 16.2. The molecule has 0 heterocycles. The van der Waals surface area contributed by atoms with Crippen molar-refractivity contribution in [2.75, 3.05) is 6.54 Å². The van der Waals surface area contributed by atoms with Crippen LogP contribution in [0, 0.1) is 5.41 Å². The zero-order chi connectivity index (χ0) is 16.4. The molecule has 2 heteroatoms. The quantitative estimate of drug-likeness (QED) is 0.698. The molecular weight excluding hydrogens is 282 g/mol. The third-order valence-corrected chi connectivity index (χ3v) is 4.22. The highest BCUT2D eigenvalue weighted by molar-refractivity contribution is 6.02. The van der Waals surface area contributed by atoms with Crippen LogP contribution in [0.15, 0.2) is 54.6 Å². The van der Waals surface area contributed by atoms with Crippen LogP contribution in [0.5, 0.6) is 0 Å². The van der Waals surface area contributed by atoms with Crippen molar-refractivity contribution in [2.45, 2.75) is 27.2 Å². The van der Waals surface area contributed by atoms with E-state index in [4.69, 9.17) is 0 Å². The van der Waals surface area contributed by atoms with Crippen molar-refractivity contribution in [1.82, 2.24) is 5.32 Å². The maximum atomic E-state index is 12.1. The minimum atomic E-state index is -0.346. The first-order chi connectivity index (χ1) is 11.0. The molecule has 1 amide bonds. The normalized spacial score (nSPS) is 11.8. The molecule has 0 aliphatic carbocycles. The average molecular weight is 305 g/mol. The Morgan fingerprint density at radius 2 is 1.43 bits per heavy atom. The van der Waals surface area contributed by atoms with Crippen LogP contribution in [0.1, 0.15) is 26.3 Å². The van der Waals surface area contributed by atoms with Crippen molar-refractivity contribution in [3.8, 4) is 0 Å². The van der Waals surface area contributed by atoms with E-state index in [1.54, 1.807) is 0 Å². The van der Waals surface area contributed by atoms with Crippen LogP contribution < -0.4 is 5.32 Å². The van der Waals surface area contributed by atoms with Gasteiger partial charge in [-0.15, -0.1) is 0 Å². The number of hydrogen-bond acceptors (Lipinski definition) is 1. The summed E-state index contributed by atoms with van der Waals surface area (Å²) in [5.74, 6) is 0.0991. The van der Waals surface area contributed by atoms with Gasteiger partial charge in [0.25, 0.3) is 0 Å². The molecule has 2 nitrogen and oxygen atoms in total. The van der Waals surface area contributed by atoms with Crippen LogP contribution in [0.25, 0.3) is 21.5 Å². The minimum absolute atomic E-state index is 0.0991. The predicted octanol–water partition coefficient (Wildman–Crippen LogP) is 4.70. The van der Waals surface area contributed by atoms with E-state index < -0.39 is 0 Å². The van der Waals surface area contributed by atoms with Gasteiger partial charge in [0.2, 0.25) is 5.91 Å². The van der Waals surface area contributed by atoms with Crippen LogP contribution >= 0.6 is 0 Å². The van der Waals surface area contributed by atoms with Crippen LogP contribution in [0.3, 0.4) is 0 Å². The smallest absolute Gasteiger partial charge is 0.225 e. The molecule has 0 saturated carbocycles. The Bertz CT molecular complexity index is 804. The number of carbonyl (C=O) groups is 1. The summed E-state index contributed by atoms with van der Waals surface area (Å²) in [6.45, 7) is 6.48. The van der Waals surface area contributed by atoms with E-state index in [0.717, 1.165) is 6.42 Å². The van der Waals surface area contributed by atoms with E-state index in [0.29, 0.717) is 6.54 Å². The van der Waals surface area contributed by atoms with E-state index in [9.17, 15) is 4.79 Å². The van der Waals surface area contributed by atoms with Crippen molar-refractivity contribution >= 4 is 27.5 Å². The molecule has 0 aliphatic heterocycles. The molecule has 0 aliphatic rings. The second kappa shape index (κ2) is 6.04. The zero-order valence-corrected chi connectivity index (χ0v) is 14.0. The largest absolute Gasteiger partial charge is 0.355 e. The molecule has 3 aromatic rings. The molecule has 23 heavy (non-hydrogen) atoms. The molecule has 3 aromatic carbocycles. The summed E-state index contributed by atoms with van der Waals surface area (Å²) in [5, 5.41) is 8.12. The van der Waals surface area contributed by atoms with E-state index in [-0.39, 0.29) is 11.3 Å². The number of carbonyl (C=O) groups excluding carboxylic acids is 1. The number of rotatable bonds is 3. The molecule has 118 valence electrons. The molecule has 3 rings (SSSR count). The summed E-state index contributed by atoms with van der Waals surface area (Å²) in [7, 11) is 0. The molecule has 0 bridgehead atoms. The molecule has 0 radical (unpaired) electrons. The number of hydrogen-bond donors (Lipinski definition) is 1. The van der Waals surface area contributed by atoms with Gasteiger partial charge in [-0.1, -0.05) is 69.3 Å². The Balaban J connectivity index is 1.96. The monoisotopic (exact) mass is 305 g/mol. The van der Waals surface area contributed by atoms with E-state index in [1.165, 1.54) is 27.1 Å². The maximum Gasteiger partial charge on any atom is 0.225 e. The Morgan fingerprint density at radius 3 is 1.96 bits per heavy atom. The number of benzene rings is 3. The third-order valence-electron chi connectivity index (χ3n) is 4.22. The first-order valence-electron chi connectivity index (χ1n) is 8.14. The van der Waals surface area contributed by atoms with Crippen molar-refractivity contribution in [3.63, 3.8) is 0 Å². The van der Waals surface area contributed by atoms with Crippen LogP contribution in [0.2, 0.25) is 0 Å². The highest BCUT2D eigenvalue weighted by Gasteiger charge is 2.20. The Morgan fingerprint density at radius 1 is 0.913 bits per heavy atom. The van der Waals surface area contributed by atoms with Gasteiger partial charge in [0.05, 0.1) is 0 Å². The zero-order valence-electron chi connectivity index (χ0n) is 14.0. The summed E-state index contributed by atoms with van der Waals surface area (Å²) < 4.78 is 0. The Kier molecular flexibility index (Phi) is 4.08. The molecule has 0 aromatic heterocycles. The lowest BCUT2D eigenvalue weighted by Crippen LogP contribution is -2.35. The van der Waals surface area contributed by atoms with Crippen LogP contribution in [-0.2, 0) is 11.2 Å². The number of amides is 1. The Hall–Kier alpha value is -2.35. The van der Waals surface area contributed by atoms with E-state index in [1.807, 2.05) is 20.8 Å². The van der Waals surface area contributed by atoms with Gasteiger partial charge < -0.3 is 5.32 Å². The van der Waals surface area contributed by atoms with Crippen molar-refractivity contribution < 1.29 is 4.79 Å². The topological polar surface area (TPSA) is 29.1 Å². The van der Waals surface area contributed by atoms with Crippen LogP contribution in [-0.4, -0.2) is 12.5 Å². The summed E-state index contributed by atoms with van der Waals surface area (Å²) in [6.07, 6.45) is 0.837. The van der Waals surface area contributed by atoms with Gasteiger partial charge in [0, 0.05) is 12.0 Å². The summed E-state index contributed by atoms with van der Waals surface area (Å²) in [5.41, 5.74) is 0.966. The molecular formula is C21H23NO. The average Bonchev–Trinajstić information content (AvgIpc) is 2.53. The molecule has 0 atom stereocenters. The van der Waals surface area contributed by atoms with E-state index >= 15 is 0 Å². The van der Waals surface area contributed by atoms with Gasteiger partial charge in [-0.2, -0.15) is 0 Å². The molecule has 0 unspecified atom stereocenters. The van der Waals surface area contributed by atoms with Crippen molar-refractivity contribution in [1.29, 1.82) is 0 Å². The van der Waals surface area contributed by atoms with E-state index in [2.05, 4.69) is 59.9 Å². The van der Waals surface area contributed by atoms with Gasteiger partial charge in [-0.05, 0) is 39.6 Å². The second-order valence-corrected chi connectivity index (χ2v) is 7.05. The predicted molar refractivity (Wildman–Crippen MR) is 97.6 cm³/mol. The minimum Gasteiger partial charge on any atom is -0.355 e. The fourth-order valence-corrected chi connectivity index (χ4v) is 2.94. The Labute approximate surface area is 137 Å².